The Morgan fingerprint density at radius 3 is 2.12 bits per heavy atom. The van der Waals surface area contributed by atoms with E-state index in [2.05, 4.69) is 5.32 Å². The summed E-state index contributed by atoms with van der Waals surface area (Å²) in [5, 5.41) is 11.8. The van der Waals surface area contributed by atoms with Gasteiger partial charge >= 0.3 is 18.2 Å². The number of rotatable bonds is 5. The molecule has 1 atom stereocenters. The van der Waals surface area contributed by atoms with E-state index in [1.54, 1.807) is 0 Å². The first kappa shape index (κ1) is 20.8. The van der Waals surface area contributed by atoms with Crippen LogP contribution in [0, 0.1) is 5.41 Å². The van der Waals surface area contributed by atoms with E-state index >= 15 is 0 Å². The van der Waals surface area contributed by atoms with Crippen molar-refractivity contribution in [2.75, 3.05) is 13.2 Å². The molecule has 32 heavy (non-hydrogen) atoms. The number of carboxylic acids is 1. The summed E-state index contributed by atoms with van der Waals surface area (Å²) in [6.45, 7) is -0.177. The highest BCUT2D eigenvalue weighted by molar-refractivity contribution is 5.80. The molecule has 1 saturated carbocycles. The molecule has 2 aliphatic heterocycles. The summed E-state index contributed by atoms with van der Waals surface area (Å²) < 4.78 is 50.2. The molecule has 2 aromatic rings. The molecule has 4 aliphatic rings. The van der Waals surface area contributed by atoms with Gasteiger partial charge in [-0.1, -0.05) is 48.5 Å². The number of carbonyl (C=O) groups is 2. The van der Waals surface area contributed by atoms with Crippen molar-refractivity contribution >= 4 is 12.1 Å². The first-order chi connectivity index (χ1) is 15.2. The SMILES string of the molecule is O=C(NCC12CC(C(=O)O)(C1)C(C(F)(F)F)O2)OCC1c2ccccc2-c2ccccc21. The number of fused-ring (bicyclic) bond motifs is 4. The van der Waals surface area contributed by atoms with Crippen LogP contribution in [0.2, 0.25) is 0 Å². The summed E-state index contributed by atoms with van der Waals surface area (Å²) in [6, 6.07) is 15.7. The van der Waals surface area contributed by atoms with E-state index in [4.69, 9.17) is 9.47 Å². The Morgan fingerprint density at radius 1 is 1.06 bits per heavy atom. The number of amides is 1. The molecule has 9 heteroatoms. The van der Waals surface area contributed by atoms with Gasteiger partial charge in [0.05, 0.1) is 12.1 Å². The maximum Gasteiger partial charge on any atom is 0.415 e. The third-order valence-electron chi connectivity index (χ3n) is 6.77. The zero-order valence-electron chi connectivity index (χ0n) is 16.8. The molecule has 2 aliphatic carbocycles. The van der Waals surface area contributed by atoms with E-state index in [1.165, 1.54) is 0 Å². The van der Waals surface area contributed by atoms with Crippen LogP contribution >= 0.6 is 0 Å². The second kappa shape index (κ2) is 6.96. The number of carbonyl (C=O) groups excluding carboxylic acids is 1. The monoisotopic (exact) mass is 447 g/mol. The minimum atomic E-state index is -4.79. The summed E-state index contributed by atoms with van der Waals surface area (Å²) in [7, 11) is 0. The third kappa shape index (κ3) is 3.06. The molecule has 2 saturated heterocycles. The van der Waals surface area contributed by atoms with Crippen LogP contribution in [0.25, 0.3) is 11.1 Å². The van der Waals surface area contributed by atoms with Gasteiger partial charge in [0.15, 0.2) is 6.10 Å². The number of ether oxygens (including phenoxy) is 2. The molecule has 6 rings (SSSR count). The number of benzene rings is 2. The summed E-state index contributed by atoms with van der Waals surface area (Å²) in [5.41, 5.74) is 0.904. The number of hydrogen-bond acceptors (Lipinski definition) is 4. The maximum absolute atomic E-state index is 13.2. The van der Waals surface area contributed by atoms with Crippen molar-refractivity contribution in [1.29, 1.82) is 0 Å². The number of nitrogens with one attached hydrogen (secondary N) is 1. The van der Waals surface area contributed by atoms with Gasteiger partial charge < -0.3 is 19.9 Å². The average Bonchev–Trinajstić information content (AvgIpc) is 3.36. The minimum Gasteiger partial charge on any atom is -0.481 e. The number of carboxylic acid groups (broad SMARTS) is 1. The Bertz CT molecular complexity index is 1050. The normalized spacial score (nSPS) is 27.9. The molecular formula is C23H20F3NO5. The molecule has 1 unspecified atom stereocenters. The standard InChI is InChI=1S/C23H20F3NO5/c24-23(25,26)18-22(19(28)29)10-21(11-22,32-18)12-27-20(30)31-9-17-15-7-3-1-5-13(15)14-6-2-4-8-16(14)17/h1-8,17-18H,9-12H2,(H,27,30)(H,28,29). The highest BCUT2D eigenvalue weighted by Gasteiger charge is 2.77. The quantitative estimate of drug-likeness (QED) is 0.721. The highest BCUT2D eigenvalue weighted by atomic mass is 19.4. The van der Waals surface area contributed by atoms with Crippen LogP contribution < -0.4 is 5.32 Å². The molecule has 6 nitrogen and oxygen atoms in total. The number of hydrogen-bond donors (Lipinski definition) is 2. The molecule has 0 spiro atoms. The van der Waals surface area contributed by atoms with E-state index < -0.39 is 35.4 Å². The second-order valence-corrected chi connectivity index (χ2v) is 8.72. The maximum atomic E-state index is 13.2. The fourth-order valence-corrected chi connectivity index (χ4v) is 5.42. The lowest BCUT2D eigenvalue weighted by atomic mass is 9.60. The number of alkyl carbamates (subject to hydrolysis) is 1. The van der Waals surface area contributed by atoms with Crippen LogP contribution in [0.1, 0.15) is 29.9 Å². The third-order valence-corrected chi connectivity index (χ3v) is 6.77. The Balaban J connectivity index is 1.22. The molecule has 2 bridgehead atoms. The fraction of sp³-hybridized carbons (Fsp3) is 0.391. The predicted octanol–water partition coefficient (Wildman–Crippen LogP) is 4.09. The average molecular weight is 447 g/mol. The zero-order chi connectivity index (χ0) is 22.7. The first-order valence-corrected chi connectivity index (χ1v) is 10.2. The lowest BCUT2D eigenvalue weighted by molar-refractivity contribution is -0.226. The Labute approximate surface area is 181 Å². The predicted molar refractivity (Wildman–Crippen MR) is 106 cm³/mol. The molecule has 0 radical (unpaired) electrons. The van der Waals surface area contributed by atoms with E-state index in [-0.39, 0.29) is 31.9 Å². The van der Waals surface area contributed by atoms with Crippen molar-refractivity contribution in [3.05, 3.63) is 59.7 Å². The first-order valence-electron chi connectivity index (χ1n) is 10.2. The lowest BCUT2D eigenvalue weighted by Crippen LogP contribution is -2.56. The fourth-order valence-electron chi connectivity index (χ4n) is 5.42. The van der Waals surface area contributed by atoms with E-state index in [9.17, 15) is 27.9 Å². The Kier molecular flexibility index (Phi) is 4.53. The van der Waals surface area contributed by atoms with Gasteiger partial charge in [0.25, 0.3) is 0 Å². The van der Waals surface area contributed by atoms with E-state index in [0.29, 0.717) is 0 Å². The summed E-state index contributed by atoms with van der Waals surface area (Å²) in [6.07, 6.45) is -8.56. The van der Waals surface area contributed by atoms with Gasteiger partial charge in [0.1, 0.15) is 12.0 Å². The van der Waals surface area contributed by atoms with Gasteiger partial charge in [-0.25, -0.2) is 4.79 Å². The minimum absolute atomic E-state index is 0.0674. The number of alkyl halides is 3. The van der Waals surface area contributed by atoms with Crippen LogP contribution in [-0.2, 0) is 14.3 Å². The van der Waals surface area contributed by atoms with Gasteiger partial charge in [0, 0.05) is 5.92 Å². The topological polar surface area (TPSA) is 84.9 Å². The van der Waals surface area contributed by atoms with Crippen LogP contribution in [0.15, 0.2) is 48.5 Å². The molecule has 2 aromatic carbocycles. The highest BCUT2D eigenvalue weighted by Crippen LogP contribution is 2.64. The van der Waals surface area contributed by atoms with Crippen molar-refractivity contribution in [2.45, 2.75) is 36.6 Å². The number of aliphatic carboxylic acids is 1. The van der Waals surface area contributed by atoms with Crippen molar-refractivity contribution in [3.8, 4) is 11.1 Å². The smallest absolute Gasteiger partial charge is 0.415 e. The molecule has 2 heterocycles. The van der Waals surface area contributed by atoms with Crippen LogP contribution in [0.3, 0.4) is 0 Å². The molecule has 168 valence electrons. The van der Waals surface area contributed by atoms with Crippen molar-refractivity contribution in [1.82, 2.24) is 5.32 Å². The van der Waals surface area contributed by atoms with Crippen LogP contribution in [-0.4, -0.2) is 48.2 Å². The lowest BCUT2D eigenvalue weighted by Gasteiger charge is -2.42. The number of halogens is 3. The molecule has 0 aromatic heterocycles. The van der Waals surface area contributed by atoms with Gasteiger partial charge in [-0.3, -0.25) is 4.79 Å². The van der Waals surface area contributed by atoms with E-state index in [0.717, 1.165) is 22.3 Å². The van der Waals surface area contributed by atoms with Crippen LogP contribution in [0.4, 0.5) is 18.0 Å². The summed E-state index contributed by atoms with van der Waals surface area (Å²) >= 11 is 0. The largest absolute Gasteiger partial charge is 0.481 e. The molecule has 2 N–H and O–H groups in total. The van der Waals surface area contributed by atoms with Crippen LogP contribution in [0.5, 0.6) is 0 Å². The van der Waals surface area contributed by atoms with Gasteiger partial charge in [-0.2, -0.15) is 13.2 Å². The zero-order valence-corrected chi connectivity index (χ0v) is 16.8. The molecule has 3 fully saturated rings. The molecular weight excluding hydrogens is 427 g/mol. The second-order valence-electron chi connectivity index (χ2n) is 8.72. The van der Waals surface area contributed by atoms with Gasteiger partial charge in [-0.05, 0) is 35.1 Å². The van der Waals surface area contributed by atoms with E-state index in [1.807, 2.05) is 48.5 Å². The summed E-state index contributed by atoms with van der Waals surface area (Å²) in [4.78, 5) is 23.8. The Morgan fingerprint density at radius 2 is 1.62 bits per heavy atom. The molecule has 1 amide bonds. The summed E-state index contributed by atoms with van der Waals surface area (Å²) in [5.74, 6) is -1.68. The van der Waals surface area contributed by atoms with Crippen molar-refractivity contribution in [3.63, 3.8) is 0 Å². The van der Waals surface area contributed by atoms with Crippen molar-refractivity contribution < 1.29 is 37.3 Å². The van der Waals surface area contributed by atoms with Gasteiger partial charge in [-0.15, -0.1) is 0 Å². The Hall–Kier alpha value is -3.07. The van der Waals surface area contributed by atoms with Gasteiger partial charge in [0.2, 0.25) is 0 Å². The van der Waals surface area contributed by atoms with Crippen molar-refractivity contribution in [2.24, 2.45) is 5.41 Å².